The normalized spacial score (nSPS) is 23.8. The molecule has 0 bridgehead atoms. The van der Waals surface area contributed by atoms with Gasteiger partial charge in [-0.25, -0.2) is 0 Å². The van der Waals surface area contributed by atoms with Crippen LogP contribution in [-0.2, 0) is 11.3 Å². The van der Waals surface area contributed by atoms with Crippen LogP contribution in [-0.4, -0.2) is 29.1 Å². The molecule has 2 atom stereocenters. The number of carbonyl (C=O) groups is 1. The summed E-state index contributed by atoms with van der Waals surface area (Å²) in [5.74, 6) is -0.852. The average molecular weight is 244 g/mol. The van der Waals surface area contributed by atoms with E-state index in [1.807, 2.05) is 25.1 Å². The van der Waals surface area contributed by atoms with E-state index in [4.69, 9.17) is 10.4 Å². The summed E-state index contributed by atoms with van der Waals surface area (Å²) >= 11 is 0. The largest absolute Gasteiger partial charge is 0.481 e. The van der Waals surface area contributed by atoms with Crippen molar-refractivity contribution in [3.63, 3.8) is 0 Å². The Labute approximate surface area is 106 Å². The minimum atomic E-state index is -0.724. The van der Waals surface area contributed by atoms with Crippen LogP contribution in [0.25, 0.3) is 0 Å². The highest BCUT2D eigenvalue weighted by Crippen LogP contribution is 2.25. The molecular weight excluding hydrogens is 228 g/mol. The minimum Gasteiger partial charge on any atom is -0.481 e. The van der Waals surface area contributed by atoms with E-state index in [2.05, 4.69) is 11.0 Å². The van der Waals surface area contributed by atoms with E-state index >= 15 is 0 Å². The summed E-state index contributed by atoms with van der Waals surface area (Å²) in [6.07, 6.45) is 0. The number of nitrogens with zero attached hydrogens (tertiary/aromatic N) is 2. The van der Waals surface area contributed by atoms with Crippen molar-refractivity contribution in [1.82, 2.24) is 4.90 Å². The number of rotatable bonds is 3. The van der Waals surface area contributed by atoms with Gasteiger partial charge < -0.3 is 5.11 Å². The van der Waals surface area contributed by atoms with E-state index in [1.165, 1.54) is 0 Å². The summed E-state index contributed by atoms with van der Waals surface area (Å²) in [5.41, 5.74) is 1.64. The molecule has 1 saturated heterocycles. The number of hydrogen-bond donors (Lipinski definition) is 1. The molecule has 2 rings (SSSR count). The standard InChI is InChI=1S/C14H16N2O2/c1-10-7-16(9-13(10)14(17)18)8-12-5-3-2-4-11(12)6-15/h2-5,10,13H,7-9H2,1H3,(H,17,18). The summed E-state index contributed by atoms with van der Waals surface area (Å²) in [6, 6.07) is 9.64. The zero-order valence-corrected chi connectivity index (χ0v) is 10.3. The van der Waals surface area contributed by atoms with Gasteiger partial charge in [0.1, 0.15) is 0 Å². The predicted molar refractivity (Wildman–Crippen MR) is 66.7 cm³/mol. The molecular formula is C14H16N2O2. The highest BCUT2D eigenvalue weighted by atomic mass is 16.4. The lowest BCUT2D eigenvalue weighted by atomic mass is 9.99. The van der Waals surface area contributed by atoms with E-state index in [-0.39, 0.29) is 11.8 Å². The van der Waals surface area contributed by atoms with Gasteiger partial charge in [-0.05, 0) is 17.5 Å². The fourth-order valence-electron chi connectivity index (χ4n) is 2.53. The van der Waals surface area contributed by atoms with Gasteiger partial charge in [-0.2, -0.15) is 5.26 Å². The van der Waals surface area contributed by atoms with Gasteiger partial charge in [0.05, 0.1) is 17.6 Å². The van der Waals surface area contributed by atoms with Crippen LogP contribution in [0.2, 0.25) is 0 Å². The van der Waals surface area contributed by atoms with Gasteiger partial charge in [0.25, 0.3) is 0 Å². The highest BCUT2D eigenvalue weighted by Gasteiger charge is 2.34. The average Bonchev–Trinajstić information content (AvgIpc) is 2.71. The van der Waals surface area contributed by atoms with Gasteiger partial charge in [0, 0.05) is 19.6 Å². The van der Waals surface area contributed by atoms with Gasteiger partial charge in [0.15, 0.2) is 0 Å². The van der Waals surface area contributed by atoms with Crippen LogP contribution in [0.1, 0.15) is 18.1 Å². The van der Waals surface area contributed by atoms with Gasteiger partial charge in [0.2, 0.25) is 0 Å². The van der Waals surface area contributed by atoms with Crippen molar-refractivity contribution in [2.24, 2.45) is 11.8 Å². The lowest BCUT2D eigenvalue weighted by Gasteiger charge is -2.15. The quantitative estimate of drug-likeness (QED) is 0.879. The van der Waals surface area contributed by atoms with Crippen molar-refractivity contribution < 1.29 is 9.90 Å². The molecule has 94 valence electrons. The molecule has 1 N–H and O–H groups in total. The summed E-state index contributed by atoms with van der Waals surface area (Å²) in [5, 5.41) is 18.1. The molecule has 18 heavy (non-hydrogen) atoms. The SMILES string of the molecule is CC1CN(Cc2ccccc2C#N)CC1C(=O)O. The Morgan fingerprint density at radius 1 is 1.50 bits per heavy atom. The van der Waals surface area contributed by atoms with Crippen LogP contribution in [0.15, 0.2) is 24.3 Å². The first kappa shape index (κ1) is 12.6. The summed E-state index contributed by atoms with van der Waals surface area (Å²) < 4.78 is 0. The Balaban J connectivity index is 2.08. The number of carboxylic acid groups (broad SMARTS) is 1. The fourth-order valence-corrected chi connectivity index (χ4v) is 2.53. The van der Waals surface area contributed by atoms with Crippen molar-refractivity contribution >= 4 is 5.97 Å². The number of nitriles is 1. The number of aliphatic carboxylic acids is 1. The number of carboxylic acids is 1. The monoisotopic (exact) mass is 244 g/mol. The van der Waals surface area contributed by atoms with E-state index in [0.717, 1.165) is 12.1 Å². The number of benzene rings is 1. The lowest BCUT2D eigenvalue weighted by Crippen LogP contribution is -2.23. The van der Waals surface area contributed by atoms with Crippen molar-refractivity contribution in [2.45, 2.75) is 13.5 Å². The van der Waals surface area contributed by atoms with Crippen LogP contribution in [0.5, 0.6) is 0 Å². The van der Waals surface area contributed by atoms with E-state index < -0.39 is 5.97 Å². The summed E-state index contributed by atoms with van der Waals surface area (Å²) in [6.45, 7) is 3.96. The van der Waals surface area contributed by atoms with Gasteiger partial charge >= 0.3 is 5.97 Å². The number of hydrogen-bond acceptors (Lipinski definition) is 3. The topological polar surface area (TPSA) is 64.3 Å². The zero-order valence-electron chi connectivity index (χ0n) is 10.3. The third kappa shape index (κ3) is 2.52. The molecule has 1 heterocycles. The molecule has 0 amide bonds. The molecule has 0 aliphatic carbocycles. The molecule has 0 spiro atoms. The van der Waals surface area contributed by atoms with Gasteiger partial charge in [-0.3, -0.25) is 9.69 Å². The zero-order chi connectivity index (χ0) is 13.1. The molecule has 0 radical (unpaired) electrons. The summed E-state index contributed by atoms with van der Waals surface area (Å²) in [4.78, 5) is 13.2. The molecule has 4 heteroatoms. The van der Waals surface area contributed by atoms with Gasteiger partial charge in [-0.15, -0.1) is 0 Å². The van der Waals surface area contributed by atoms with Crippen molar-refractivity contribution in [2.75, 3.05) is 13.1 Å². The molecule has 1 aliphatic heterocycles. The van der Waals surface area contributed by atoms with Crippen molar-refractivity contribution in [3.05, 3.63) is 35.4 Å². The Kier molecular flexibility index (Phi) is 3.63. The third-order valence-electron chi connectivity index (χ3n) is 3.54. The van der Waals surface area contributed by atoms with Crippen LogP contribution < -0.4 is 0 Å². The van der Waals surface area contributed by atoms with Crippen molar-refractivity contribution in [3.8, 4) is 6.07 Å². The molecule has 2 unspecified atom stereocenters. The third-order valence-corrected chi connectivity index (χ3v) is 3.54. The van der Waals surface area contributed by atoms with E-state index in [0.29, 0.717) is 18.7 Å². The molecule has 0 saturated carbocycles. The smallest absolute Gasteiger partial charge is 0.308 e. The first-order valence-corrected chi connectivity index (χ1v) is 6.05. The maximum atomic E-state index is 11.1. The molecule has 1 aromatic carbocycles. The maximum Gasteiger partial charge on any atom is 0.308 e. The lowest BCUT2D eigenvalue weighted by molar-refractivity contribution is -0.142. The molecule has 1 fully saturated rings. The number of likely N-dealkylation sites (tertiary alicyclic amines) is 1. The minimum absolute atomic E-state index is 0.164. The molecule has 1 aromatic rings. The Bertz CT molecular complexity index is 493. The second-order valence-electron chi connectivity index (χ2n) is 4.89. The summed E-state index contributed by atoms with van der Waals surface area (Å²) in [7, 11) is 0. The second-order valence-corrected chi connectivity index (χ2v) is 4.89. The van der Waals surface area contributed by atoms with Crippen LogP contribution in [0, 0.1) is 23.2 Å². The molecule has 0 aromatic heterocycles. The maximum absolute atomic E-state index is 11.1. The fraction of sp³-hybridized carbons (Fsp3) is 0.429. The second kappa shape index (κ2) is 5.19. The van der Waals surface area contributed by atoms with Crippen LogP contribution in [0.3, 0.4) is 0 Å². The van der Waals surface area contributed by atoms with E-state index in [9.17, 15) is 4.79 Å². The Morgan fingerprint density at radius 2 is 2.22 bits per heavy atom. The van der Waals surface area contributed by atoms with Gasteiger partial charge in [-0.1, -0.05) is 25.1 Å². The van der Waals surface area contributed by atoms with E-state index in [1.54, 1.807) is 6.07 Å². The van der Waals surface area contributed by atoms with Crippen LogP contribution in [0.4, 0.5) is 0 Å². The van der Waals surface area contributed by atoms with Crippen LogP contribution >= 0.6 is 0 Å². The predicted octanol–water partition coefficient (Wildman–Crippen LogP) is 1.71. The highest BCUT2D eigenvalue weighted by molar-refractivity contribution is 5.71. The first-order chi connectivity index (χ1) is 8.61. The van der Waals surface area contributed by atoms with Crippen molar-refractivity contribution in [1.29, 1.82) is 5.26 Å². The molecule has 1 aliphatic rings. The molecule has 4 nitrogen and oxygen atoms in total. The Hall–Kier alpha value is -1.86. The Morgan fingerprint density at radius 3 is 2.83 bits per heavy atom. The first-order valence-electron chi connectivity index (χ1n) is 6.05.